The van der Waals surface area contributed by atoms with Crippen molar-refractivity contribution in [2.24, 2.45) is 0 Å². The Labute approximate surface area is 103 Å². The van der Waals surface area contributed by atoms with Crippen molar-refractivity contribution in [2.45, 2.75) is 80.1 Å². The largest absolute Gasteiger partial charge is 0.0683 e. The van der Waals surface area contributed by atoms with Gasteiger partial charge in [0.1, 0.15) is 0 Å². The van der Waals surface area contributed by atoms with Gasteiger partial charge in [-0.3, -0.25) is 0 Å². The van der Waals surface area contributed by atoms with Crippen LogP contribution in [-0.4, -0.2) is 0 Å². The second-order valence-corrected chi connectivity index (χ2v) is 4.08. The van der Waals surface area contributed by atoms with E-state index in [0.717, 1.165) is 0 Å². The summed E-state index contributed by atoms with van der Waals surface area (Å²) in [4.78, 5) is 0. The van der Waals surface area contributed by atoms with Crippen LogP contribution < -0.4 is 0 Å². The molecule has 0 bridgehead atoms. The summed E-state index contributed by atoms with van der Waals surface area (Å²) in [7, 11) is 0. The Morgan fingerprint density at radius 1 is 0.625 bits per heavy atom. The molecule has 0 amide bonds. The average molecular weight is 222 g/mol. The first-order valence-corrected chi connectivity index (χ1v) is 7.20. The molecule has 94 valence electrons. The van der Waals surface area contributed by atoms with Gasteiger partial charge in [-0.05, 0) is 49.7 Å². The van der Waals surface area contributed by atoms with Gasteiger partial charge in [-0.1, -0.05) is 52.7 Å². The van der Waals surface area contributed by atoms with E-state index >= 15 is 0 Å². The summed E-state index contributed by atoms with van der Waals surface area (Å²) in [6.07, 6.45) is 7.62. The van der Waals surface area contributed by atoms with Crippen molar-refractivity contribution >= 4 is 0 Å². The van der Waals surface area contributed by atoms with Crippen LogP contribution in [0.25, 0.3) is 0 Å². The Morgan fingerprint density at radius 3 is 1.12 bits per heavy atom. The smallest absolute Gasteiger partial charge is 0.0277 e. The van der Waals surface area contributed by atoms with Crippen LogP contribution in [0, 0.1) is 0 Å². The molecule has 0 heterocycles. The van der Waals surface area contributed by atoms with Crippen LogP contribution in [0.1, 0.15) is 80.1 Å². The molecule has 16 heavy (non-hydrogen) atoms. The highest BCUT2D eigenvalue weighted by molar-refractivity contribution is 5.42. The van der Waals surface area contributed by atoms with E-state index in [9.17, 15) is 0 Å². The minimum Gasteiger partial charge on any atom is -0.0683 e. The average Bonchev–Trinajstić information content (AvgIpc) is 2.38. The highest BCUT2D eigenvalue weighted by atomic mass is 14.2. The van der Waals surface area contributed by atoms with Gasteiger partial charge in [0, 0.05) is 0 Å². The van der Waals surface area contributed by atoms with Crippen LogP contribution in [0.4, 0.5) is 0 Å². The van der Waals surface area contributed by atoms with Gasteiger partial charge in [0.05, 0.1) is 0 Å². The number of allylic oxidation sites excluding steroid dienone is 4. The minimum absolute atomic E-state index is 1.23. The zero-order valence-corrected chi connectivity index (χ0v) is 12.2. The molecule has 0 fully saturated rings. The fourth-order valence-corrected chi connectivity index (χ4v) is 2.74. The van der Waals surface area contributed by atoms with Crippen molar-refractivity contribution in [3.05, 3.63) is 22.3 Å². The van der Waals surface area contributed by atoms with Gasteiger partial charge in [0.2, 0.25) is 0 Å². The number of rotatable bonds is 4. The molecular formula is C16H30. The van der Waals surface area contributed by atoms with Crippen molar-refractivity contribution in [3.63, 3.8) is 0 Å². The molecule has 0 aromatic carbocycles. The molecule has 0 aromatic heterocycles. The predicted molar refractivity (Wildman–Crippen MR) is 75.8 cm³/mol. The summed E-state index contributed by atoms with van der Waals surface area (Å²) in [5.41, 5.74) is 6.83. The molecule has 1 rings (SSSR count). The van der Waals surface area contributed by atoms with E-state index in [1.165, 1.54) is 38.5 Å². The molecule has 0 aromatic rings. The van der Waals surface area contributed by atoms with E-state index in [2.05, 4.69) is 27.7 Å². The molecule has 0 saturated carbocycles. The van der Waals surface area contributed by atoms with E-state index < -0.39 is 0 Å². The number of hydrogen-bond acceptors (Lipinski definition) is 0. The third-order valence-corrected chi connectivity index (χ3v) is 3.51. The highest BCUT2D eigenvalue weighted by Crippen LogP contribution is 2.36. The summed E-state index contributed by atoms with van der Waals surface area (Å²) in [6.45, 7) is 13.2. The van der Waals surface area contributed by atoms with Gasteiger partial charge < -0.3 is 0 Å². The maximum Gasteiger partial charge on any atom is -0.0277 e. The molecule has 0 unspecified atom stereocenters. The zero-order chi connectivity index (χ0) is 12.6. The van der Waals surface area contributed by atoms with Crippen LogP contribution in [0.5, 0.6) is 0 Å². The Kier molecular flexibility index (Phi) is 8.33. The maximum atomic E-state index is 2.30. The third-order valence-electron chi connectivity index (χ3n) is 3.51. The van der Waals surface area contributed by atoms with Crippen LogP contribution in [0.3, 0.4) is 0 Å². The molecule has 0 nitrogen and oxygen atoms in total. The maximum absolute atomic E-state index is 2.30. The topological polar surface area (TPSA) is 0 Å². The quantitative estimate of drug-likeness (QED) is 0.544. The molecule has 0 aliphatic heterocycles. The van der Waals surface area contributed by atoms with E-state index in [0.29, 0.717) is 0 Å². The molecule has 0 heteroatoms. The molecule has 1 aliphatic carbocycles. The van der Waals surface area contributed by atoms with Gasteiger partial charge in [-0.25, -0.2) is 0 Å². The van der Waals surface area contributed by atoms with Crippen molar-refractivity contribution in [3.8, 4) is 0 Å². The van der Waals surface area contributed by atoms with Crippen molar-refractivity contribution in [1.82, 2.24) is 0 Å². The lowest BCUT2D eigenvalue weighted by Gasteiger charge is -2.25. The van der Waals surface area contributed by atoms with Gasteiger partial charge in [0.25, 0.3) is 0 Å². The predicted octanol–water partition coefficient (Wildman–Crippen LogP) is 6.04. The van der Waals surface area contributed by atoms with E-state index in [1.54, 1.807) is 22.3 Å². The normalized spacial score (nSPS) is 16.1. The first-order valence-electron chi connectivity index (χ1n) is 7.20. The van der Waals surface area contributed by atoms with Gasteiger partial charge >= 0.3 is 0 Å². The molecule has 0 spiro atoms. The van der Waals surface area contributed by atoms with Crippen molar-refractivity contribution in [2.75, 3.05) is 0 Å². The molecule has 0 saturated heterocycles. The van der Waals surface area contributed by atoms with Crippen molar-refractivity contribution in [1.29, 1.82) is 0 Å². The van der Waals surface area contributed by atoms with Crippen LogP contribution in [0.15, 0.2) is 22.3 Å². The number of hydrogen-bond donors (Lipinski definition) is 0. The Balaban J connectivity index is 0.00000106. The van der Waals surface area contributed by atoms with Gasteiger partial charge in [0.15, 0.2) is 0 Å². The summed E-state index contributed by atoms with van der Waals surface area (Å²) < 4.78 is 0. The second-order valence-electron chi connectivity index (χ2n) is 4.08. The summed E-state index contributed by atoms with van der Waals surface area (Å²) in [5.74, 6) is 0. The van der Waals surface area contributed by atoms with Crippen LogP contribution in [0.2, 0.25) is 0 Å². The van der Waals surface area contributed by atoms with E-state index in [1.807, 2.05) is 13.8 Å². The van der Waals surface area contributed by atoms with E-state index in [-0.39, 0.29) is 0 Å². The van der Waals surface area contributed by atoms with Gasteiger partial charge in [-0.2, -0.15) is 0 Å². The zero-order valence-electron chi connectivity index (χ0n) is 12.2. The van der Waals surface area contributed by atoms with Gasteiger partial charge in [-0.15, -0.1) is 0 Å². The van der Waals surface area contributed by atoms with E-state index in [4.69, 9.17) is 0 Å². The lowest BCUT2D eigenvalue weighted by atomic mass is 9.81. The summed E-state index contributed by atoms with van der Waals surface area (Å²) in [5, 5.41) is 0. The third kappa shape index (κ3) is 3.50. The van der Waals surface area contributed by atoms with Crippen LogP contribution >= 0.6 is 0 Å². The summed E-state index contributed by atoms with van der Waals surface area (Å²) in [6, 6.07) is 0. The lowest BCUT2D eigenvalue weighted by Crippen LogP contribution is -2.05. The standard InChI is InChI=1S/C14H24.C2H6/c1-5-11-9-10-12(6-2)14(8-4)13(11)7-3;1-2/h5-10H2,1-4H3;1-2H3. The second kappa shape index (κ2) is 8.61. The molecule has 0 atom stereocenters. The Hall–Kier alpha value is -0.520. The Morgan fingerprint density at radius 2 is 0.938 bits per heavy atom. The lowest BCUT2D eigenvalue weighted by molar-refractivity contribution is 0.760. The molecule has 1 aliphatic rings. The SMILES string of the molecule is CC.CCC1=C(CC)C(CC)=C(CC)CC1. The molecule has 0 N–H and O–H groups in total. The first-order chi connectivity index (χ1) is 7.78. The fraction of sp³-hybridized carbons (Fsp3) is 0.750. The first kappa shape index (κ1) is 15.5. The summed E-state index contributed by atoms with van der Waals surface area (Å²) >= 11 is 0. The van der Waals surface area contributed by atoms with Crippen molar-refractivity contribution < 1.29 is 0 Å². The Bertz CT molecular complexity index is 225. The molecular weight excluding hydrogens is 192 g/mol. The van der Waals surface area contributed by atoms with Crippen LogP contribution in [-0.2, 0) is 0 Å². The fourth-order valence-electron chi connectivity index (χ4n) is 2.74. The molecule has 0 radical (unpaired) electrons. The highest BCUT2D eigenvalue weighted by Gasteiger charge is 2.16. The minimum atomic E-state index is 1.23. The monoisotopic (exact) mass is 222 g/mol.